The molecule has 0 aliphatic carbocycles. The van der Waals surface area contributed by atoms with E-state index in [0.717, 1.165) is 18.1 Å². The summed E-state index contributed by atoms with van der Waals surface area (Å²) in [5, 5.41) is 2.76. The minimum Gasteiger partial charge on any atom is -0.366 e. The molecule has 0 aliphatic rings. The van der Waals surface area contributed by atoms with Crippen LogP contribution < -0.4 is 16.3 Å². The molecule has 3 aromatic rings. The highest BCUT2D eigenvalue weighted by Crippen LogP contribution is 2.34. The number of amides is 1. The SMILES string of the molecule is NC(=O)c1cccc(CCP(c2ccccc2)c2ccccc2)c1. The molecule has 24 heavy (non-hydrogen) atoms. The fourth-order valence-electron chi connectivity index (χ4n) is 2.74. The summed E-state index contributed by atoms with van der Waals surface area (Å²) in [4.78, 5) is 11.4. The van der Waals surface area contributed by atoms with Crippen LogP contribution in [-0.2, 0) is 6.42 Å². The summed E-state index contributed by atoms with van der Waals surface area (Å²) in [6.07, 6.45) is 1.97. The van der Waals surface area contributed by atoms with Crippen molar-refractivity contribution in [1.29, 1.82) is 0 Å². The lowest BCUT2D eigenvalue weighted by atomic mass is 10.1. The van der Waals surface area contributed by atoms with Crippen LogP contribution in [0.5, 0.6) is 0 Å². The van der Waals surface area contributed by atoms with E-state index in [1.807, 2.05) is 12.1 Å². The zero-order valence-electron chi connectivity index (χ0n) is 13.4. The molecule has 0 fully saturated rings. The molecule has 0 spiro atoms. The normalized spacial score (nSPS) is 10.7. The lowest BCUT2D eigenvalue weighted by molar-refractivity contribution is 0.1000. The Morgan fingerprint density at radius 2 is 1.38 bits per heavy atom. The van der Waals surface area contributed by atoms with E-state index in [9.17, 15) is 4.79 Å². The van der Waals surface area contributed by atoms with Crippen molar-refractivity contribution in [2.45, 2.75) is 6.42 Å². The van der Waals surface area contributed by atoms with Crippen LogP contribution in [0.2, 0.25) is 0 Å². The average molecular weight is 333 g/mol. The van der Waals surface area contributed by atoms with E-state index in [-0.39, 0.29) is 5.91 Å². The molecule has 2 N–H and O–H groups in total. The van der Waals surface area contributed by atoms with Crippen LogP contribution in [-0.4, -0.2) is 12.1 Å². The van der Waals surface area contributed by atoms with Crippen molar-refractivity contribution >= 4 is 24.4 Å². The largest absolute Gasteiger partial charge is 0.366 e. The van der Waals surface area contributed by atoms with Gasteiger partial charge in [0.05, 0.1) is 0 Å². The van der Waals surface area contributed by atoms with Crippen LogP contribution in [0.4, 0.5) is 0 Å². The Morgan fingerprint density at radius 3 is 1.92 bits per heavy atom. The molecule has 1 amide bonds. The lowest BCUT2D eigenvalue weighted by Gasteiger charge is -2.19. The summed E-state index contributed by atoms with van der Waals surface area (Å²) in [5.41, 5.74) is 7.12. The van der Waals surface area contributed by atoms with Crippen LogP contribution in [0.25, 0.3) is 0 Å². The van der Waals surface area contributed by atoms with Gasteiger partial charge in [0.2, 0.25) is 5.91 Å². The van der Waals surface area contributed by atoms with Gasteiger partial charge < -0.3 is 5.73 Å². The minimum atomic E-state index is -0.416. The summed E-state index contributed by atoms with van der Waals surface area (Å²) in [7, 11) is -0.416. The number of nitrogens with two attached hydrogens (primary N) is 1. The van der Waals surface area contributed by atoms with Gasteiger partial charge in [-0.15, -0.1) is 0 Å². The molecule has 3 rings (SSSR count). The summed E-state index contributed by atoms with van der Waals surface area (Å²) in [6, 6.07) is 29.0. The monoisotopic (exact) mass is 333 g/mol. The number of hydrogen-bond acceptors (Lipinski definition) is 1. The highest BCUT2D eigenvalue weighted by atomic mass is 31.1. The zero-order valence-corrected chi connectivity index (χ0v) is 14.3. The Bertz CT molecular complexity index is 763. The Hall–Kier alpha value is -2.44. The quantitative estimate of drug-likeness (QED) is 0.690. The van der Waals surface area contributed by atoms with E-state index < -0.39 is 7.92 Å². The smallest absolute Gasteiger partial charge is 0.248 e. The Labute approximate surface area is 144 Å². The molecule has 0 bridgehead atoms. The molecule has 0 saturated heterocycles. The van der Waals surface area contributed by atoms with Gasteiger partial charge in [-0.1, -0.05) is 72.8 Å². The predicted molar refractivity (Wildman–Crippen MR) is 103 cm³/mol. The summed E-state index contributed by atoms with van der Waals surface area (Å²) in [6.45, 7) is 0. The maximum Gasteiger partial charge on any atom is 0.248 e. The molecule has 120 valence electrons. The molecule has 0 saturated carbocycles. The number of primary amides is 1. The van der Waals surface area contributed by atoms with Crippen LogP contribution in [0, 0.1) is 0 Å². The van der Waals surface area contributed by atoms with Crippen LogP contribution in [0.1, 0.15) is 15.9 Å². The molecule has 0 unspecified atom stereocenters. The molecule has 0 heterocycles. The first kappa shape index (κ1) is 16.4. The summed E-state index contributed by atoms with van der Waals surface area (Å²) in [5.74, 6) is -0.370. The lowest BCUT2D eigenvalue weighted by Crippen LogP contribution is -2.15. The Kier molecular flexibility index (Phi) is 5.40. The minimum absolute atomic E-state index is 0.370. The van der Waals surface area contributed by atoms with Crippen molar-refractivity contribution in [1.82, 2.24) is 0 Å². The van der Waals surface area contributed by atoms with Gasteiger partial charge in [0.15, 0.2) is 0 Å². The molecule has 2 nitrogen and oxygen atoms in total. The van der Waals surface area contributed by atoms with Gasteiger partial charge in [-0.25, -0.2) is 0 Å². The second-order valence-corrected chi connectivity index (χ2v) is 7.97. The number of hydrogen-bond donors (Lipinski definition) is 1. The standard InChI is InChI=1S/C21H20NOP/c22-21(23)18-9-7-8-17(16-18)14-15-24(19-10-3-1-4-11-19)20-12-5-2-6-13-20/h1-13,16H,14-15H2,(H2,22,23). The van der Waals surface area contributed by atoms with Gasteiger partial charge in [0.25, 0.3) is 0 Å². The molecule has 0 aliphatic heterocycles. The highest BCUT2D eigenvalue weighted by Gasteiger charge is 2.13. The van der Waals surface area contributed by atoms with E-state index in [0.29, 0.717) is 5.56 Å². The first-order chi connectivity index (χ1) is 11.7. The van der Waals surface area contributed by atoms with E-state index in [1.54, 1.807) is 6.07 Å². The molecular weight excluding hydrogens is 313 g/mol. The maximum absolute atomic E-state index is 11.4. The number of carbonyl (C=O) groups excluding carboxylic acids is 1. The Balaban J connectivity index is 1.83. The summed E-state index contributed by atoms with van der Waals surface area (Å²) >= 11 is 0. The molecule has 0 atom stereocenters. The third-order valence-corrected chi connectivity index (χ3v) is 6.49. The Morgan fingerprint density at radius 1 is 0.792 bits per heavy atom. The molecule has 3 heteroatoms. The predicted octanol–water partition coefficient (Wildman–Crippen LogP) is 3.46. The van der Waals surface area contributed by atoms with E-state index in [2.05, 4.69) is 66.7 Å². The van der Waals surface area contributed by atoms with Crippen molar-refractivity contribution < 1.29 is 4.79 Å². The van der Waals surface area contributed by atoms with E-state index in [1.165, 1.54) is 10.6 Å². The molecular formula is C21H20NOP. The fraction of sp³-hybridized carbons (Fsp3) is 0.0952. The topological polar surface area (TPSA) is 43.1 Å². The summed E-state index contributed by atoms with van der Waals surface area (Å²) < 4.78 is 0. The molecule has 0 aromatic heterocycles. The second kappa shape index (κ2) is 7.90. The van der Waals surface area contributed by atoms with Gasteiger partial charge in [-0.2, -0.15) is 0 Å². The van der Waals surface area contributed by atoms with Crippen molar-refractivity contribution in [3.63, 3.8) is 0 Å². The average Bonchev–Trinajstić information content (AvgIpc) is 2.64. The second-order valence-electron chi connectivity index (χ2n) is 5.64. The van der Waals surface area contributed by atoms with Crippen molar-refractivity contribution in [3.8, 4) is 0 Å². The van der Waals surface area contributed by atoms with Crippen molar-refractivity contribution in [3.05, 3.63) is 96.1 Å². The maximum atomic E-state index is 11.4. The van der Waals surface area contributed by atoms with Gasteiger partial charge in [-0.3, -0.25) is 4.79 Å². The number of rotatable bonds is 6. The van der Waals surface area contributed by atoms with Gasteiger partial charge in [0.1, 0.15) is 0 Å². The van der Waals surface area contributed by atoms with Gasteiger partial charge in [-0.05, 0) is 48.8 Å². The third-order valence-electron chi connectivity index (χ3n) is 3.97. The first-order valence-corrected chi connectivity index (χ1v) is 9.53. The van der Waals surface area contributed by atoms with Crippen molar-refractivity contribution in [2.24, 2.45) is 5.73 Å². The third kappa shape index (κ3) is 4.10. The van der Waals surface area contributed by atoms with E-state index in [4.69, 9.17) is 5.73 Å². The van der Waals surface area contributed by atoms with Crippen LogP contribution in [0.3, 0.4) is 0 Å². The van der Waals surface area contributed by atoms with Gasteiger partial charge in [0, 0.05) is 5.56 Å². The van der Waals surface area contributed by atoms with Gasteiger partial charge >= 0.3 is 0 Å². The van der Waals surface area contributed by atoms with Crippen molar-refractivity contribution in [2.75, 3.05) is 6.16 Å². The van der Waals surface area contributed by atoms with Crippen LogP contribution in [0.15, 0.2) is 84.9 Å². The van der Waals surface area contributed by atoms with Crippen LogP contribution >= 0.6 is 7.92 Å². The number of benzene rings is 3. The molecule has 3 aromatic carbocycles. The fourth-order valence-corrected chi connectivity index (χ4v) is 5.10. The molecule has 0 radical (unpaired) electrons. The number of carbonyl (C=O) groups is 1. The zero-order chi connectivity index (χ0) is 16.8. The highest BCUT2D eigenvalue weighted by molar-refractivity contribution is 7.73. The number of aryl methyl sites for hydroxylation is 1. The van der Waals surface area contributed by atoms with E-state index >= 15 is 0 Å². The first-order valence-electron chi connectivity index (χ1n) is 8.00.